The minimum Gasteiger partial charge on any atom is -0.462 e. The number of carbonyl (C=O) groups is 3. The molecule has 0 bridgehead atoms. The zero-order chi connectivity index (χ0) is 55.0. The first-order valence-electron chi connectivity index (χ1n) is 33.6. The van der Waals surface area contributed by atoms with Crippen LogP contribution in [0.25, 0.3) is 0 Å². The molecule has 0 aromatic heterocycles. The van der Waals surface area contributed by atoms with Crippen molar-refractivity contribution in [2.24, 2.45) is 0 Å². The monoisotopic (exact) mass is 1060 g/mol. The Bertz CT molecular complexity index is 1310. The molecule has 0 saturated heterocycles. The summed E-state index contributed by atoms with van der Waals surface area (Å²) in [7, 11) is 0. The number of hydrogen-bond acceptors (Lipinski definition) is 6. The molecule has 444 valence electrons. The molecule has 0 spiro atoms. The van der Waals surface area contributed by atoms with Crippen molar-refractivity contribution < 1.29 is 28.6 Å². The van der Waals surface area contributed by atoms with Gasteiger partial charge in [0.05, 0.1) is 0 Å². The molecular weight excluding hydrogens is 937 g/mol. The average molecular weight is 1070 g/mol. The largest absolute Gasteiger partial charge is 0.462 e. The van der Waals surface area contributed by atoms with Crippen LogP contribution in [0.15, 0.2) is 48.6 Å². The normalized spacial score (nSPS) is 12.3. The van der Waals surface area contributed by atoms with E-state index in [1.165, 1.54) is 257 Å². The van der Waals surface area contributed by atoms with Crippen molar-refractivity contribution in [3.63, 3.8) is 0 Å². The van der Waals surface area contributed by atoms with Gasteiger partial charge in [0.1, 0.15) is 13.2 Å². The maximum Gasteiger partial charge on any atom is 0.306 e. The van der Waals surface area contributed by atoms with Crippen LogP contribution in [0.2, 0.25) is 0 Å². The smallest absolute Gasteiger partial charge is 0.306 e. The highest BCUT2D eigenvalue weighted by Gasteiger charge is 2.19. The van der Waals surface area contributed by atoms with E-state index in [1.54, 1.807) is 0 Å². The number of unbranched alkanes of at least 4 members (excludes halogenated alkanes) is 43. The molecule has 1 unspecified atom stereocenters. The van der Waals surface area contributed by atoms with E-state index in [0.29, 0.717) is 19.3 Å². The Balaban J connectivity index is 4.33. The third-order valence-electron chi connectivity index (χ3n) is 15.0. The first-order valence-corrected chi connectivity index (χ1v) is 33.6. The zero-order valence-electron chi connectivity index (χ0n) is 51.0. The Kier molecular flexibility index (Phi) is 62.6. The number of hydrogen-bond donors (Lipinski definition) is 0. The van der Waals surface area contributed by atoms with E-state index >= 15 is 0 Å². The van der Waals surface area contributed by atoms with Gasteiger partial charge in [0.15, 0.2) is 6.10 Å². The van der Waals surface area contributed by atoms with Crippen LogP contribution in [-0.4, -0.2) is 37.2 Å². The minimum absolute atomic E-state index is 0.0747. The van der Waals surface area contributed by atoms with Crippen LogP contribution in [0.4, 0.5) is 0 Å². The van der Waals surface area contributed by atoms with Gasteiger partial charge >= 0.3 is 17.9 Å². The molecule has 0 fully saturated rings. The molecule has 0 amide bonds. The number of carbonyl (C=O) groups excluding carboxylic acids is 3. The van der Waals surface area contributed by atoms with Gasteiger partial charge in [-0.2, -0.15) is 0 Å². The van der Waals surface area contributed by atoms with E-state index < -0.39 is 6.10 Å². The van der Waals surface area contributed by atoms with Crippen molar-refractivity contribution in [2.45, 2.75) is 367 Å². The average Bonchev–Trinajstić information content (AvgIpc) is 3.42. The molecule has 0 aromatic carbocycles. The van der Waals surface area contributed by atoms with Crippen molar-refractivity contribution in [2.75, 3.05) is 13.2 Å². The molecule has 0 saturated carbocycles. The summed E-state index contributed by atoms with van der Waals surface area (Å²) in [5.74, 6) is -0.863. The lowest BCUT2D eigenvalue weighted by molar-refractivity contribution is -0.167. The molecular formula is C70H128O6. The molecule has 6 nitrogen and oxygen atoms in total. The van der Waals surface area contributed by atoms with Crippen molar-refractivity contribution >= 4 is 17.9 Å². The number of allylic oxidation sites excluding steroid dienone is 8. The van der Waals surface area contributed by atoms with Crippen LogP contribution in [0, 0.1) is 0 Å². The highest BCUT2D eigenvalue weighted by atomic mass is 16.6. The maximum atomic E-state index is 12.9. The number of ether oxygens (including phenoxy) is 3. The van der Waals surface area contributed by atoms with Crippen LogP contribution in [0.5, 0.6) is 0 Å². The molecule has 76 heavy (non-hydrogen) atoms. The first-order chi connectivity index (χ1) is 37.5. The van der Waals surface area contributed by atoms with Crippen molar-refractivity contribution in [1.29, 1.82) is 0 Å². The third kappa shape index (κ3) is 62.2. The molecule has 1 atom stereocenters. The topological polar surface area (TPSA) is 78.9 Å². The summed E-state index contributed by atoms with van der Waals surface area (Å²) in [6.07, 6.45) is 81.2. The molecule has 0 aromatic rings. The van der Waals surface area contributed by atoms with E-state index in [4.69, 9.17) is 14.2 Å². The Morgan fingerprint density at radius 1 is 0.263 bits per heavy atom. The third-order valence-corrected chi connectivity index (χ3v) is 15.0. The lowest BCUT2D eigenvalue weighted by atomic mass is 10.0. The fourth-order valence-electron chi connectivity index (χ4n) is 9.94. The van der Waals surface area contributed by atoms with Crippen molar-refractivity contribution in [3.8, 4) is 0 Å². The molecule has 6 heteroatoms. The SMILES string of the molecule is CCCCCCC/C=C\C/C=C\CCCCCCCCCCCCCC(=O)OCC(COC(=O)CCCCCCCCC/C=C\CCCCCCCC)OC(=O)CCCCCCCCC/C=C\CCCCCCCCC. The van der Waals surface area contributed by atoms with Gasteiger partial charge in [-0.25, -0.2) is 0 Å². The van der Waals surface area contributed by atoms with Gasteiger partial charge in [-0.15, -0.1) is 0 Å². The summed E-state index contributed by atoms with van der Waals surface area (Å²) in [6.45, 7) is 6.67. The molecule has 0 rings (SSSR count). The van der Waals surface area contributed by atoms with E-state index in [0.717, 1.165) is 64.2 Å². The van der Waals surface area contributed by atoms with Crippen LogP contribution in [0.3, 0.4) is 0 Å². The van der Waals surface area contributed by atoms with Gasteiger partial charge in [0.2, 0.25) is 0 Å². The van der Waals surface area contributed by atoms with Crippen LogP contribution in [-0.2, 0) is 28.6 Å². The molecule has 0 radical (unpaired) electrons. The predicted octanol–water partition coefficient (Wildman–Crippen LogP) is 22.9. The fraction of sp³-hybridized carbons (Fsp3) is 0.843. The lowest BCUT2D eigenvalue weighted by Crippen LogP contribution is -2.30. The summed E-state index contributed by atoms with van der Waals surface area (Å²) in [5, 5.41) is 0. The minimum atomic E-state index is -0.778. The lowest BCUT2D eigenvalue weighted by Gasteiger charge is -2.18. The van der Waals surface area contributed by atoms with Crippen LogP contribution < -0.4 is 0 Å². The molecule has 0 aliphatic heterocycles. The quantitative estimate of drug-likeness (QED) is 0.0261. The predicted molar refractivity (Wildman–Crippen MR) is 330 cm³/mol. The summed E-state index contributed by atoms with van der Waals surface area (Å²) < 4.78 is 17.0. The van der Waals surface area contributed by atoms with Gasteiger partial charge < -0.3 is 14.2 Å². The Morgan fingerprint density at radius 3 is 0.737 bits per heavy atom. The number of esters is 3. The highest BCUT2D eigenvalue weighted by Crippen LogP contribution is 2.17. The summed E-state index contributed by atoms with van der Waals surface area (Å²) in [4.78, 5) is 38.4. The summed E-state index contributed by atoms with van der Waals surface area (Å²) in [5.41, 5.74) is 0. The van der Waals surface area contributed by atoms with Crippen LogP contribution >= 0.6 is 0 Å². The van der Waals surface area contributed by atoms with E-state index in [-0.39, 0.29) is 31.1 Å². The standard InChI is InChI=1S/C70H128O6/c1-4-7-10-13-16-19-22-25-28-31-33-34-35-36-37-40-42-45-48-51-54-57-60-63-69(72)75-66-67(65-74-68(71)62-59-56-53-50-47-44-41-38-30-27-24-21-18-15-12-9-6-3)76-70(73)64-61-58-55-52-49-46-43-39-32-29-26-23-20-17-14-11-8-5-2/h22,25,27,29-33,67H,4-21,23-24,26,28,34-66H2,1-3H3/b25-22-,30-27-,32-29-,33-31-. The van der Waals surface area contributed by atoms with Crippen molar-refractivity contribution in [1.82, 2.24) is 0 Å². The van der Waals surface area contributed by atoms with E-state index in [1.807, 2.05) is 0 Å². The van der Waals surface area contributed by atoms with Crippen molar-refractivity contribution in [3.05, 3.63) is 48.6 Å². The molecule has 0 aliphatic rings. The second-order valence-corrected chi connectivity index (χ2v) is 22.7. The van der Waals surface area contributed by atoms with Gasteiger partial charge in [0, 0.05) is 19.3 Å². The van der Waals surface area contributed by atoms with Gasteiger partial charge in [0.25, 0.3) is 0 Å². The van der Waals surface area contributed by atoms with Gasteiger partial charge in [-0.1, -0.05) is 288 Å². The molecule has 0 aliphatic carbocycles. The number of rotatable bonds is 62. The zero-order valence-corrected chi connectivity index (χ0v) is 51.0. The fourth-order valence-corrected chi connectivity index (χ4v) is 9.94. The molecule has 0 heterocycles. The first kappa shape index (κ1) is 73.4. The summed E-state index contributed by atoms with van der Waals surface area (Å²) >= 11 is 0. The molecule has 0 N–H and O–H groups in total. The Labute approximate surface area is 473 Å². The van der Waals surface area contributed by atoms with Gasteiger partial charge in [-0.3, -0.25) is 14.4 Å². The Hall–Kier alpha value is -2.63. The Morgan fingerprint density at radius 2 is 0.474 bits per heavy atom. The second kappa shape index (κ2) is 64.9. The summed E-state index contributed by atoms with van der Waals surface area (Å²) in [6, 6.07) is 0. The van der Waals surface area contributed by atoms with E-state index in [9.17, 15) is 14.4 Å². The van der Waals surface area contributed by atoms with Gasteiger partial charge in [-0.05, 0) is 103 Å². The highest BCUT2D eigenvalue weighted by molar-refractivity contribution is 5.71. The van der Waals surface area contributed by atoms with Crippen LogP contribution in [0.1, 0.15) is 361 Å². The second-order valence-electron chi connectivity index (χ2n) is 22.7. The van der Waals surface area contributed by atoms with E-state index in [2.05, 4.69) is 69.4 Å². The maximum absolute atomic E-state index is 12.9.